The molecule has 0 aliphatic rings. The summed E-state index contributed by atoms with van der Waals surface area (Å²) in [5.41, 5.74) is 10.00. The molecular weight excluding hydrogens is 1310 g/mol. The summed E-state index contributed by atoms with van der Waals surface area (Å²) in [7, 11) is 0. The molecule has 0 fully saturated rings. The second-order valence-corrected chi connectivity index (χ2v) is 26.2. The molecule has 105 heavy (non-hydrogen) atoms. The highest BCUT2D eigenvalue weighted by Gasteiger charge is 2.28. The van der Waals surface area contributed by atoms with Gasteiger partial charge in [-0.25, -0.2) is 4.79 Å². The van der Waals surface area contributed by atoms with Crippen LogP contribution < -0.4 is 18.9 Å². The summed E-state index contributed by atoms with van der Waals surface area (Å²) in [5, 5.41) is 0. The summed E-state index contributed by atoms with van der Waals surface area (Å²) in [6.07, 6.45) is 7.78. The first kappa shape index (κ1) is 82.6. The van der Waals surface area contributed by atoms with Crippen molar-refractivity contribution < 1.29 is 57.2 Å². The standard InChI is InChI=1S/C24H24O2.C19H20O3.C19H22O2.C18H18O3.C13H16O2/c1-3-18(2)20-11-9-19(10-12-20)17-26-23-15-13-22(14-16-23)24(25)21-7-5-4-6-8-21;1-4-19(2,3)18(21)22-16-12-10-15(11-13-16)17(20)14-8-6-5-7-9-14;1-4-14(2)17-7-5-16(6-8-17)13-21-19-11-9-18(10-12-19)15(3)20;1-3-13(2)18(20)21-16-11-9-15(10-12-16)17(19)14-7-5-4-6-8-14;1-3-11(2)15-13(14)10-9-12-7-5-4-6-8-12/h4-16,18H,3,17H2,1-2H3;5-13H,4H2,1-3H3;5-12,14H,4,13H2,1-3H3;4-13H,3H2,1-2H3;4-11H,3H2,1-2H3/b;;;;10-9+. The van der Waals surface area contributed by atoms with Gasteiger partial charge in [-0.3, -0.25) is 28.8 Å². The Balaban J connectivity index is 0.000000208. The van der Waals surface area contributed by atoms with Crippen molar-refractivity contribution in [1.82, 2.24) is 0 Å². The Morgan fingerprint density at radius 3 is 1.04 bits per heavy atom. The highest BCUT2D eigenvalue weighted by molar-refractivity contribution is 6.10. The van der Waals surface area contributed by atoms with Crippen LogP contribution in [0.2, 0.25) is 0 Å². The molecule has 0 aromatic heterocycles. The van der Waals surface area contributed by atoms with E-state index in [1.165, 1.54) is 17.2 Å². The molecule has 10 rings (SSSR count). The maximum atomic E-state index is 12.4. The molecule has 4 atom stereocenters. The van der Waals surface area contributed by atoms with Crippen molar-refractivity contribution >= 4 is 47.1 Å². The zero-order valence-corrected chi connectivity index (χ0v) is 62.7. The molecule has 0 aliphatic carbocycles. The lowest BCUT2D eigenvalue weighted by atomic mass is 9.91. The largest absolute Gasteiger partial charge is 0.489 e. The third kappa shape index (κ3) is 28.1. The van der Waals surface area contributed by atoms with E-state index in [1.807, 2.05) is 182 Å². The second kappa shape index (κ2) is 43.6. The maximum Gasteiger partial charge on any atom is 0.331 e. The van der Waals surface area contributed by atoms with Gasteiger partial charge in [-0.05, 0) is 203 Å². The molecule has 12 heteroatoms. The fourth-order valence-electron chi connectivity index (χ4n) is 9.62. The van der Waals surface area contributed by atoms with Gasteiger partial charge in [0.15, 0.2) is 23.1 Å². The van der Waals surface area contributed by atoms with E-state index < -0.39 is 5.41 Å². The molecule has 0 radical (unpaired) electrons. The van der Waals surface area contributed by atoms with Gasteiger partial charge in [0.1, 0.15) is 36.2 Å². The van der Waals surface area contributed by atoms with E-state index in [0.29, 0.717) is 81.9 Å². The van der Waals surface area contributed by atoms with Crippen LogP contribution in [0.3, 0.4) is 0 Å². The Labute approximate surface area is 621 Å². The van der Waals surface area contributed by atoms with Gasteiger partial charge in [0.05, 0.1) is 17.4 Å². The Kier molecular flexibility index (Phi) is 34.3. The van der Waals surface area contributed by atoms with Crippen LogP contribution in [0.15, 0.2) is 273 Å². The number of esters is 3. The van der Waals surface area contributed by atoms with Gasteiger partial charge < -0.3 is 23.7 Å². The van der Waals surface area contributed by atoms with E-state index in [4.69, 9.17) is 23.7 Å². The molecule has 0 spiro atoms. The van der Waals surface area contributed by atoms with E-state index in [2.05, 4.69) is 76.2 Å². The molecule has 0 aliphatic heterocycles. The summed E-state index contributed by atoms with van der Waals surface area (Å²) < 4.78 is 27.3. The SMILES string of the molecule is CCC(C)(C)C(=O)Oc1ccc(C(=O)c2ccccc2)cc1.CCC(C)C(=O)Oc1ccc(C(=O)c2ccccc2)cc1.CCC(C)OC(=O)/C=C/c1ccccc1.CCC(C)c1ccc(COc2ccc(C(=O)c3ccccc3)cc2)cc1.CCC(C)c1ccc(COc2ccc(C(C)=O)cc2)cc1. The fourth-order valence-corrected chi connectivity index (χ4v) is 9.62. The monoisotopic (exact) mass is 1410 g/mol. The van der Waals surface area contributed by atoms with Crippen LogP contribution in [0, 0.1) is 11.3 Å². The molecule has 0 saturated heterocycles. The molecule has 12 nitrogen and oxygen atoms in total. The van der Waals surface area contributed by atoms with E-state index in [1.54, 1.807) is 97.9 Å². The van der Waals surface area contributed by atoms with Crippen molar-refractivity contribution in [1.29, 1.82) is 0 Å². The fraction of sp³-hybridized carbons (Fsp3) is 0.258. The number of ether oxygens (including phenoxy) is 5. The lowest BCUT2D eigenvalue weighted by Crippen LogP contribution is -2.28. The van der Waals surface area contributed by atoms with Crippen molar-refractivity contribution in [2.45, 2.75) is 146 Å². The van der Waals surface area contributed by atoms with Crippen molar-refractivity contribution in [2.24, 2.45) is 11.3 Å². The van der Waals surface area contributed by atoms with Crippen molar-refractivity contribution in [2.75, 3.05) is 0 Å². The smallest absolute Gasteiger partial charge is 0.331 e. The van der Waals surface area contributed by atoms with E-state index in [9.17, 15) is 33.6 Å². The molecular formula is C93H100O12. The Morgan fingerprint density at radius 1 is 0.371 bits per heavy atom. The third-order valence-corrected chi connectivity index (χ3v) is 17.8. The number of Topliss-reactive ketones (excluding diaryl/α,β-unsaturated/α-hetero) is 1. The predicted molar refractivity (Wildman–Crippen MR) is 420 cm³/mol. The van der Waals surface area contributed by atoms with Gasteiger partial charge in [-0.1, -0.05) is 225 Å². The van der Waals surface area contributed by atoms with Crippen LogP contribution in [-0.2, 0) is 32.3 Å². The van der Waals surface area contributed by atoms with Gasteiger partial charge >= 0.3 is 17.9 Å². The number of benzene rings is 10. The molecule has 0 N–H and O–H groups in total. The first-order valence-electron chi connectivity index (χ1n) is 36.1. The van der Waals surface area contributed by atoms with Crippen molar-refractivity contribution in [3.05, 3.63) is 340 Å². The first-order chi connectivity index (χ1) is 50.5. The number of rotatable bonds is 27. The second-order valence-electron chi connectivity index (χ2n) is 26.2. The van der Waals surface area contributed by atoms with Crippen molar-refractivity contribution in [3.8, 4) is 23.0 Å². The topological polar surface area (TPSA) is 166 Å². The van der Waals surface area contributed by atoms with E-state index >= 15 is 0 Å². The minimum Gasteiger partial charge on any atom is -0.489 e. The third-order valence-electron chi connectivity index (χ3n) is 17.8. The summed E-state index contributed by atoms with van der Waals surface area (Å²) >= 11 is 0. The molecule has 544 valence electrons. The molecule has 0 saturated carbocycles. The van der Waals surface area contributed by atoms with Crippen molar-refractivity contribution in [3.63, 3.8) is 0 Å². The number of hydrogen-bond acceptors (Lipinski definition) is 12. The average molecular weight is 1410 g/mol. The number of hydrogen-bond donors (Lipinski definition) is 0. The minimum atomic E-state index is -0.515. The van der Waals surface area contributed by atoms with Crippen LogP contribution >= 0.6 is 0 Å². The van der Waals surface area contributed by atoms with Gasteiger partial charge in [-0.2, -0.15) is 0 Å². The van der Waals surface area contributed by atoms with Gasteiger partial charge in [0, 0.05) is 45.0 Å². The lowest BCUT2D eigenvalue weighted by Gasteiger charge is -2.20. The summed E-state index contributed by atoms with van der Waals surface area (Å²) in [6, 6.07) is 82.2. The molecule has 10 aromatic carbocycles. The average Bonchev–Trinajstić information content (AvgIpc) is 0.846. The summed E-state index contributed by atoms with van der Waals surface area (Å²) in [6.45, 7) is 24.8. The molecule has 4 unspecified atom stereocenters. The molecule has 0 amide bonds. The zero-order valence-electron chi connectivity index (χ0n) is 62.7. The normalized spacial score (nSPS) is 11.8. The van der Waals surface area contributed by atoms with E-state index in [0.717, 1.165) is 53.9 Å². The van der Waals surface area contributed by atoms with Crippen LogP contribution in [-0.4, -0.2) is 47.1 Å². The molecule has 0 bridgehead atoms. The first-order valence-corrected chi connectivity index (χ1v) is 36.1. The zero-order chi connectivity index (χ0) is 76.1. The van der Waals surface area contributed by atoms with Crippen LogP contribution in [0.5, 0.6) is 23.0 Å². The van der Waals surface area contributed by atoms with E-state index in [-0.39, 0.29) is 53.1 Å². The summed E-state index contributed by atoms with van der Waals surface area (Å²) in [5.74, 6) is 2.72. The number of carbonyl (C=O) groups excluding carboxylic acids is 7. The molecule has 10 aromatic rings. The predicted octanol–water partition coefficient (Wildman–Crippen LogP) is 22.2. The minimum absolute atomic E-state index is 0.0158. The van der Waals surface area contributed by atoms with Crippen LogP contribution in [0.25, 0.3) is 6.08 Å². The lowest BCUT2D eigenvalue weighted by molar-refractivity contribution is -0.144. The number of ketones is 4. The van der Waals surface area contributed by atoms with Crippen LogP contribution in [0.1, 0.15) is 213 Å². The maximum absolute atomic E-state index is 12.4. The highest BCUT2D eigenvalue weighted by atomic mass is 16.5. The summed E-state index contributed by atoms with van der Waals surface area (Å²) in [4.78, 5) is 83.1. The number of carbonyl (C=O) groups is 7. The Hall–Kier alpha value is -11.4. The van der Waals surface area contributed by atoms with Gasteiger partial charge in [-0.15, -0.1) is 0 Å². The van der Waals surface area contributed by atoms with Gasteiger partial charge in [0.2, 0.25) is 0 Å². The van der Waals surface area contributed by atoms with Gasteiger partial charge in [0.25, 0.3) is 0 Å². The highest BCUT2D eigenvalue weighted by Crippen LogP contribution is 2.27. The quantitative estimate of drug-likeness (QED) is 0.0207. The van der Waals surface area contributed by atoms with Crippen LogP contribution in [0.4, 0.5) is 0 Å². The Bertz CT molecular complexity index is 4300. The Morgan fingerprint density at radius 2 is 0.705 bits per heavy atom. The molecule has 0 heterocycles.